The number of para-hydroxylation sites is 2. The highest BCUT2D eigenvalue weighted by Gasteiger charge is 2.15. The number of hydrogen-bond acceptors (Lipinski definition) is 3. The van der Waals surface area contributed by atoms with Crippen molar-refractivity contribution in [3.05, 3.63) is 96.1 Å². The predicted molar refractivity (Wildman–Crippen MR) is 105 cm³/mol. The Balaban J connectivity index is 1.82. The second kappa shape index (κ2) is 9.17. The second-order valence-electron chi connectivity index (χ2n) is 5.88. The molecule has 3 aromatic carbocycles. The van der Waals surface area contributed by atoms with Gasteiger partial charge in [-0.1, -0.05) is 72.8 Å². The Kier molecular flexibility index (Phi) is 6.41. The van der Waals surface area contributed by atoms with Gasteiger partial charge in [0.25, 0.3) is 0 Å². The van der Waals surface area contributed by atoms with Crippen LogP contribution in [-0.2, 0) is 24.2 Å². The fourth-order valence-electron chi connectivity index (χ4n) is 2.71. The maximum atomic E-state index is 11.5. The van der Waals surface area contributed by atoms with Crippen LogP contribution in [-0.4, -0.2) is 14.6 Å². The minimum absolute atomic E-state index is 0.0145. The molecule has 3 rings (SSSR count). The maximum absolute atomic E-state index is 11.5. The van der Waals surface area contributed by atoms with Crippen molar-refractivity contribution in [2.24, 2.45) is 0 Å². The molecule has 26 heavy (non-hydrogen) atoms. The summed E-state index contributed by atoms with van der Waals surface area (Å²) in [4.78, 5) is 1.87. The smallest absolute Gasteiger partial charge is 0.173 e. The first-order valence-corrected chi connectivity index (χ1v) is 9.62. The van der Waals surface area contributed by atoms with Crippen LogP contribution in [0.15, 0.2) is 84.9 Å². The molecule has 0 aliphatic rings. The molecule has 1 atom stereocenters. The molecule has 3 aromatic rings. The van der Waals surface area contributed by atoms with Gasteiger partial charge in [-0.3, -0.25) is 0 Å². The summed E-state index contributed by atoms with van der Waals surface area (Å²) < 4.78 is 26.9. The van der Waals surface area contributed by atoms with Gasteiger partial charge < -0.3 is 14.2 Å². The van der Waals surface area contributed by atoms with Gasteiger partial charge >= 0.3 is 0 Å². The molecule has 0 fully saturated rings. The van der Waals surface area contributed by atoms with E-state index in [9.17, 15) is 8.76 Å². The summed E-state index contributed by atoms with van der Waals surface area (Å²) in [7, 11) is 0. The lowest BCUT2D eigenvalue weighted by atomic mass is 10.2. The number of anilines is 1. The van der Waals surface area contributed by atoms with E-state index in [-0.39, 0.29) is 5.88 Å². The molecular weight excluding hydrogens is 346 g/mol. The largest absolute Gasteiger partial charge is 0.487 e. The van der Waals surface area contributed by atoms with Gasteiger partial charge in [0.05, 0.1) is 5.69 Å². The summed E-state index contributed by atoms with van der Waals surface area (Å²) in [5, 5.41) is 0. The molecule has 1 unspecified atom stereocenters. The maximum Gasteiger partial charge on any atom is 0.173 e. The van der Waals surface area contributed by atoms with Crippen molar-refractivity contribution in [2.45, 2.75) is 13.2 Å². The standard InChI is InChI=1S/C21H21NO3S/c23-26(24)17-22(15-18-9-3-1-4-10-18)20-13-7-8-14-21(20)25-16-19-11-5-2-6-12-19/h1-14H,15-17H2,(H,23,24). The normalized spacial score (nSPS) is 11.7. The van der Waals surface area contributed by atoms with Gasteiger partial charge in [-0.05, 0) is 23.3 Å². The molecule has 134 valence electrons. The minimum atomic E-state index is -1.95. The van der Waals surface area contributed by atoms with Crippen LogP contribution in [0.1, 0.15) is 11.1 Å². The van der Waals surface area contributed by atoms with E-state index < -0.39 is 11.1 Å². The zero-order valence-electron chi connectivity index (χ0n) is 14.3. The van der Waals surface area contributed by atoms with E-state index in [2.05, 4.69) is 0 Å². The molecule has 0 spiro atoms. The molecule has 0 aliphatic heterocycles. The fraction of sp³-hybridized carbons (Fsp3) is 0.143. The molecule has 0 saturated carbocycles. The van der Waals surface area contributed by atoms with Gasteiger partial charge in [-0.15, -0.1) is 0 Å². The Hall–Kier alpha value is -2.63. The van der Waals surface area contributed by atoms with E-state index in [4.69, 9.17) is 4.74 Å². The van der Waals surface area contributed by atoms with Crippen LogP contribution in [0.5, 0.6) is 5.75 Å². The Labute approximate surface area is 156 Å². The summed E-state index contributed by atoms with van der Waals surface area (Å²) in [6.07, 6.45) is 0. The molecule has 0 saturated heterocycles. The van der Waals surface area contributed by atoms with Gasteiger partial charge in [-0.2, -0.15) is 0 Å². The zero-order chi connectivity index (χ0) is 18.2. The average molecular weight is 367 g/mol. The SMILES string of the molecule is O=S(O)CN(Cc1ccccc1)c1ccccc1OCc1ccccc1. The van der Waals surface area contributed by atoms with Crippen LogP contribution in [0.3, 0.4) is 0 Å². The number of hydrogen-bond donors (Lipinski definition) is 1. The van der Waals surface area contributed by atoms with Crippen LogP contribution in [0, 0.1) is 0 Å². The third-order valence-electron chi connectivity index (χ3n) is 3.93. The molecule has 5 heteroatoms. The van der Waals surface area contributed by atoms with E-state index in [1.54, 1.807) is 0 Å². The highest BCUT2D eigenvalue weighted by Crippen LogP contribution is 2.30. The first kappa shape index (κ1) is 18.2. The topological polar surface area (TPSA) is 49.8 Å². The first-order chi connectivity index (χ1) is 12.7. The van der Waals surface area contributed by atoms with Crippen LogP contribution in [0.4, 0.5) is 5.69 Å². The predicted octanol–water partition coefficient (Wildman–Crippen LogP) is 4.45. The number of rotatable bonds is 8. The van der Waals surface area contributed by atoms with Crippen molar-refractivity contribution < 1.29 is 13.5 Å². The summed E-state index contributed by atoms with van der Waals surface area (Å²) in [6.45, 7) is 0.970. The van der Waals surface area contributed by atoms with Gasteiger partial charge in [0.15, 0.2) is 11.1 Å². The number of ether oxygens (including phenoxy) is 1. The van der Waals surface area contributed by atoms with Gasteiger partial charge in [0, 0.05) is 6.54 Å². The van der Waals surface area contributed by atoms with Crippen molar-refractivity contribution >= 4 is 16.8 Å². The summed E-state index contributed by atoms with van der Waals surface area (Å²) >= 11 is -1.95. The lowest BCUT2D eigenvalue weighted by molar-refractivity contribution is 0.306. The molecular formula is C21H21NO3S. The van der Waals surface area contributed by atoms with Gasteiger partial charge in [0.1, 0.15) is 18.2 Å². The van der Waals surface area contributed by atoms with Crippen LogP contribution in [0.2, 0.25) is 0 Å². The third kappa shape index (κ3) is 5.18. The minimum Gasteiger partial charge on any atom is -0.487 e. The van der Waals surface area contributed by atoms with Crippen molar-refractivity contribution in [1.29, 1.82) is 0 Å². The van der Waals surface area contributed by atoms with Crippen molar-refractivity contribution in [2.75, 3.05) is 10.8 Å². The number of benzene rings is 3. The van der Waals surface area contributed by atoms with Crippen LogP contribution >= 0.6 is 0 Å². The quantitative estimate of drug-likeness (QED) is 0.598. The van der Waals surface area contributed by atoms with E-state index in [0.717, 1.165) is 16.8 Å². The Bertz CT molecular complexity index is 840. The van der Waals surface area contributed by atoms with Crippen LogP contribution in [0.25, 0.3) is 0 Å². The molecule has 1 N–H and O–H groups in total. The third-order valence-corrected chi connectivity index (χ3v) is 4.46. The molecule has 0 amide bonds. The summed E-state index contributed by atoms with van der Waals surface area (Å²) in [6, 6.07) is 27.4. The van der Waals surface area contributed by atoms with Crippen molar-refractivity contribution in [3.63, 3.8) is 0 Å². The molecule has 0 heterocycles. The fourth-order valence-corrected chi connectivity index (χ4v) is 3.21. The monoisotopic (exact) mass is 367 g/mol. The highest BCUT2D eigenvalue weighted by atomic mass is 32.2. The highest BCUT2D eigenvalue weighted by molar-refractivity contribution is 7.79. The first-order valence-electron chi connectivity index (χ1n) is 8.34. The molecule has 0 bridgehead atoms. The molecule has 4 nitrogen and oxygen atoms in total. The van der Waals surface area contributed by atoms with E-state index >= 15 is 0 Å². The van der Waals surface area contributed by atoms with E-state index in [1.807, 2.05) is 89.8 Å². The number of nitrogens with zero attached hydrogens (tertiary/aromatic N) is 1. The zero-order valence-corrected chi connectivity index (χ0v) is 15.1. The lowest BCUT2D eigenvalue weighted by Gasteiger charge is -2.25. The Morgan fingerprint density at radius 1 is 0.808 bits per heavy atom. The average Bonchev–Trinajstić information content (AvgIpc) is 2.67. The van der Waals surface area contributed by atoms with Gasteiger partial charge in [-0.25, -0.2) is 4.21 Å². The van der Waals surface area contributed by atoms with E-state index in [0.29, 0.717) is 18.9 Å². The molecule has 0 aromatic heterocycles. The van der Waals surface area contributed by atoms with Crippen LogP contribution < -0.4 is 9.64 Å². The molecule has 0 aliphatic carbocycles. The van der Waals surface area contributed by atoms with Crippen molar-refractivity contribution in [1.82, 2.24) is 0 Å². The van der Waals surface area contributed by atoms with Crippen molar-refractivity contribution in [3.8, 4) is 5.75 Å². The lowest BCUT2D eigenvalue weighted by Crippen LogP contribution is -2.27. The summed E-state index contributed by atoms with van der Waals surface area (Å²) in [5.41, 5.74) is 2.94. The van der Waals surface area contributed by atoms with E-state index in [1.165, 1.54) is 0 Å². The second-order valence-corrected chi connectivity index (χ2v) is 6.78. The molecule has 0 radical (unpaired) electrons. The van der Waals surface area contributed by atoms with Gasteiger partial charge in [0.2, 0.25) is 0 Å². The Morgan fingerprint density at radius 3 is 2.04 bits per heavy atom. The summed E-state index contributed by atoms with van der Waals surface area (Å²) in [5.74, 6) is 0.707. The Morgan fingerprint density at radius 2 is 1.38 bits per heavy atom.